The molecule has 0 radical (unpaired) electrons. The molecular formula is C28H36N8O2. The molecule has 1 fully saturated rings. The molecule has 1 aliphatic heterocycles. The summed E-state index contributed by atoms with van der Waals surface area (Å²) in [4.78, 5) is 28.1. The predicted octanol–water partition coefficient (Wildman–Crippen LogP) is 3.49. The fraction of sp³-hybridized carbons (Fsp3) is 0.357. The predicted molar refractivity (Wildman–Crippen MR) is 154 cm³/mol. The second-order valence-corrected chi connectivity index (χ2v) is 9.58. The lowest BCUT2D eigenvalue weighted by atomic mass is 10.0. The van der Waals surface area contributed by atoms with Gasteiger partial charge in [-0.05, 0) is 69.2 Å². The highest BCUT2D eigenvalue weighted by molar-refractivity contribution is 6.11. The van der Waals surface area contributed by atoms with Gasteiger partial charge in [0.2, 0.25) is 0 Å². The number of nitrogens with one attached hydrogen (secondary N) is 2. The van der Waals surface area contributed by atoms with Crippen LogP contribution < -0.4 is 10.2 Å². The first-order valence-corrected chi connectivity index (χ1v) is 12.6. The Morgan fingerprint density at radius 1 is 1.21 bits per heavy atom. The Morgan fingerprint density at radius 3 is 2.68 bits per heavy atom. The Hall–Kier alpha value is -4.02. The third-order valence-corrected chi connectivity index (χ3v) is 6.48. The zero-order valence-corrected chi connectivity index (χ0v) is 22.6. The van der Waals surface area contributed by atoms with E-state index in [1.807, 2.05) is 58.4 Å². The van der Waals surface area contributed by atoms with Crippen LogP contribution in [0.1, 0.15) is 23.0 Å². The molecule has 0 bridgehead atoms. The summed E-state index contributed by atoms with van der Waals surface area (Å²) in [7, 11) is 6.08. The van der Waals surface area contributed by atoms with E-state index in [1.165, 1.54) is 0 Å². The summed E-state index contributed by atoms with van der Waals surface area (Å²) in [6.07, 6.45) is 5.52. The highest BCUT2D eigenvalue weighted by Crippen LogP contribution is 2.25. The number of morpholine rings is 1. The van der Waals surface area contributed by atoms with Gasteiger partial charge in [-0.1, -0.05) is 6.07 Å². The molecule has 0 saturated carbocycles. The van der Waals surface area contributed by atoms with E-state index in [2.05, 4.69) is 53.0 Å². The van der Waals surface area contributed by atoms with Gasteiger partial charge in [0.05, 0.1) is 36.3 Å². The molecule has 1 amide bonds. The molecule has 1 aromatic carbocycles. The molecule has 0 aliphatic carbocycles. The van der Waals surface area contributed by atoms with Gasteiger partial charge in [0, 0.05) is 44.8 Å². The molecule has 2 aromatic heterocycles. The Balaban J connectivity index is 1.51. The van der Waals surface area contributed by atoms with Crippen molar-refractivity contribution in [3.63, 3.8) is 0 Å². The van der Waals surface area contributed by atoms with Crippen LogP contribution in [0.5, 0.6) is 0 Å². The van der Waals surface area contributed by atoms with Crippen molar-refractivity contribution in [2.75, 3.05) is 70.8 Å². The lowest BCUT2D eigenvalue weighted by molar-refractivity contribution is 0.0553. The number of ether oxygens (including phenoxy) is 1. The number of pyridine rings is 1. The average molecular weight is 517 g/mol. The minimum Gasteiger partial charge on any atom is -0.378 e. The van der Waals surface area contributed by atoms with Crippen LogP contribution in [0.2, 0.25) is 0 Å². The molecule has 1 aliphatic rings. The first-order valence-electron chi connectivity index (χ1n) is 12.6. The number of H-pyrrole nitrogens is 1. The fourth-order valence-electron chi connectivity index (χ4n) is 4.20. The van der Waals surface area contributed by atoms with E-state index in [9.17, 15) is 4.79 Å². The zero-order chi connectivity index (χ0) is 27.1. The van der Waals surface area contributed by atoms with E-state index >= 15 is 0 Å². The van der Waals surface area contributed by atoms with Crippen LogP contribution in [0.25, 0.3) is 16.5 Å². The number of carbonyl (C=O) groups is 1. The highest BCUT2D eigenvalue weighted by atomic mass is 16.5. The molecule has 200 valence electrons. The van der Waals surface area contributed by atoms with Gasteiger partial charge in [-0.2, -0.15) is 5.10 Å². The van der Waals surface area contributed by atoms with Gasteiger partial charge in [-0.3, -0.25) is 14.9 Å². The van der Waals surface area contributed by atoms with Crippen molar-refractivity contribution in [3.8, 4) is 0 Å². The number of benzene rings is 1. The normalized spacial score (nSPS) is 14.7. The largest absolute Gasteiger partial charge is 0.378 e. The number of aromatic nitrogens is 3. The summed E-state index contributed by atoms with van der Waals surface area (Å²) in [6, 6.07) is 9.70. The second kappa shape index (κ2) is 12.5. The van der Waals surface area contributed by atoms with Crippen molar-refractivity contribution in [3.05, 3.63) is 65.8 Å². The van der Waals surface area contributed by atoms with Crippen LogP contribution >= 0.6 is 0 Å². The van der Waals surface area contributed by atoms with Crippen LogP contribution in [-0.4, -0.2) is 98.1 Å². The number of amides is 1. The number of aliphatic imine (C=N–C) groups is 1. The monoisotopic (exact) mass is 516 g/mol. The molecule has 3 aromatic rings. The van der Waals surface area contributed by atoms with Crippen LogP contribution in [-0.2, 0) is 4.74 Å². The first-order chi connectivity index (χ1) is 18.4. The maximum absolute atomic E-state index is 13.1. The molecule has 0 spiro atoms. The minimum absolute atomic E-state index is 0.296. The van der Waals surface area contributed by atoms with Crippen molar-refractivity contribution in [2.45, 2.75) is 6.92 Å². The average Bonchev–Trinajstić information content (AvgIpc) is 3.36. The molecule has 10 heteroatoms. The summed E-state index contributed by atoms with van der Waals surface area (Å²) in [5.74, 6) is 0.550. The van der Waals surface area contributed by atoms with Crippen LogP contribution in [0, 0.1) is 0 Å². The van der Waals surface area contributed by atoms with E-state index in [-0.39, 0.29) is 5.91 Å². The molecule has 0 unspecified atom stereocenters. The Bertz CT molecular complexity index is 1320. The van der Waals surface area contributed by atoms with E-state index in [1.54, 1.807) is 12.4 Å². The number of likely N-dealkylation sites (N-methyl/N-ethyl adjacent to an activating group) is 2. The van der Waals surface area contributed by atoms with Gasteiger partial charge in [-0.25, -0.2) is 4.98 Å². The third kappa shape index (κ3) is 6.64. The van der Waals surface area contributed by atoms with Gasteiger partial charge in [-0.15, -0.1) is 0 Å². The molecule has 2 N–H and O–H groups in total. The van der Waals surface area contributed by atoms with Crippen molar-refractivity contribution >= 4 is 40.6 Å². The fourth-order valence-corrected chi connectivity index (χ4v) is 4.20. The van der Waals surface area contributed by atoms with E-state index in [0.717, 1.165) is 59.7 Å². The number of carbonyl (C=O) groups excluding carboxylic acids is 1. The number of nitrogens with zero attached hydrogens (tertiary/aromatic N) is 6. The SMILES string of the molecule is C=N/C=C(\C=C(/C)c1ccc2[nH]nc(C(=O)Nc3ccc(N(C)CCN(C)C)nc3)c2c1)N1CCOCC1. The maximum atomic E-state index is 13.1. The topological polar surface area (TPSA) is 102 Å². The number of anilines is 2. The molecule has 1 saturated heterocycles. The quantitative estimate of drug-likeness (QED) is 0.314. The van der Waals surface area contributed by atoms with Crippen LogP contribution in [0.4, 0.5) is 11.5 Å². The van der Waals surface area contributed by atoms with E-state index in [4.69, 9.17) is 4.74 Å². The van der Waals surface area contributed by atoms with Gasteiger partial charge in [0.25, 0.3) is 5.91 Å². The minimum atomic E-state index is -0.296. The summed E-state index contributed by atoms with van der Waals surface area (Å²) >= 11 is 0. The molecule has 4 rings (SSSR count). The second-order valence-electron chi connectivity index (χ2n) is 9.58. The number of aromatic amines is 1. The summed E-state index contributed by atoms with van der Waals surface area (Å²) in [5, 5.41) is 10.9. The lowest BCUT2D eigenvalue weighted by Gasteiger charge is -2.29. The number of hydrogen-bond acceptors (Lipinski definition) is 8. The van der Waals surface area contributed by atoms with Crippen molar-refractivity contribution in [1.82, 2.24) is 25.0 Å². The first kappa shape index (κ1) is 27.0. The number of fused-ring (bicyclic) bond motifs is 1. The van der Waals surface area contributed by atoms with E-state index in [0.29, 0.717) is 24.6 Å². The Morgan fingerprint density at radius 2 is 2.00 bits per heavy atom. The Labute approximate surface area is 223 Å². The van der Waals surface area contributed by atoms with Crippen molar-refractivity contribution < 1.29 is 9.53 Å². The number of allylic oxidation sites excluding steroid dienone is 2. The lowest BCUT2D eigenvalue weighted by Crippen LogP contribution is -2.35. The van der Waals surface area contributed by atoms with Crippen molar-refractivity contribution in [2.24, 2.45) is 4.99 Å². The van der Waals surface area contributed by atoms with Gasteiger partial charge >= 0.3 is 0 Å². The maximum Gasteiger partial charge on any atom is 0.276 e. The summed E-state index contributed by atoms with van der Waals surface area (Å²) < 4.78 is 5.48. The molecule has 10 nitrogen and oxygen atoms in total. The number of hydrogen-bond donors (Lipinski definition) is 2. The molecule has 3 heterocycles. The molecule has 0 atom stereocenters. The zero-order valence-electron chi connectivity index (χ0n) is 22.6. The van der Waals surface area contributed by atoms with Crippen LogP contribution in [0.15, 0.2) is 59.5 Å². The molecule has 38 heavy (non-hydrogen) atoms. The number of rotatable bonds is 10. The van der Waals surface area contributed by atoms with Gasteiger partial charge < -0.3 is 24.8 Å². The van der Waals surface area contributed by atoms with Gasteiger partial charge in [0.1, 0.15) is 5.82 Å². The Kier molecular flexibility index (Phi) is 8.88. The highest BCUT2D eigenvalue weighted by Gasteiger charge is 2.17. The summed E-state index contributed by atoms with van der Waals surface area (Å²) in [6.45, 7) is 10.4. The van der Waals surface area contributed by atoms with Crippen molar-refractivity contribution in [1.29, 1.82) is 0 Å². The van der Waals surface area contributed by atoms with Crippen LogP contribution in [0.3, 0.4) is 0 Å². The van der Waals surface area contributed by atoms with Gasteiger partial charge in [0.15, 0.2) is 5.69 Å². The smallest absolute Gasteiger partial charge is 0.276 e. The molecular weight excluding hydrogens is 480 g/mol. The third-order valence-electron chi connectivity index (χ3n) is 6.48. The standard InChI is InChI=1S/C28H36N8O2/c1-20(16-23(19-29-2)36-12-14-38-15-13-36)21-6-8-25-24(17-21)27(33-32-25)28(37)31-22-7-9-26(30-18-22)35(5)11-10-34(3)4/h6-9,16-19H,2,10-15H2,1,3-5H3,(H,31,37)(H,32,33)/b20-16+,23-19+. The van der Waals surface area contributed by atoms with E-state index < -0.39 is 0 Å². The summed E-state index contributed by atoms with van der Waals surface area (Å²) in [5.41, 5.74) is 4.75.